The van der Waals surface area contributed by atoms with Gasteiger partial charge in [-0.15, -0.1) is 0 Å². The van der Waals surface area contributed by atoms with Crippen LogP contribution in [0.2, 0.25) is 0 Å². The van der Waals surface area contributed by atoms with E-state index in [0.717, 1.165) is 33.5 Å². The van der Waals surface area contributed by atoms with Crippen molar-refractivity contribution < 1.29 is 36.5 Å². The Bertz CT molecular complexity index is 1760. The van der Waals surface area contributed by atoms with Crippen molar-refractivity contribution in [2.45, 2.75) is 45.4 Å². The molecule has 0 bridgehead atoms. The lowest BCUT2D eigenvalue weighted by molar-refractivity contribution is -0.123. The van der Waals surface area contributed by atoms with E-state index in [2.05, 4.69) is 19.2 Å². The molecule has 45 heavy (non-hydrogen) atoms. The number of anilines is 1. The summed E-state index contributed by atoms with van der Waals surface area (Å²) in [6.45, 7) is 9.67. The van der Waals surface area contributed by atoms with Crippen molar-refractivity contribution >= 4 is 73.3 Å². The molecule has 1 N–H and O–H groups in total. The van der Waals surface area contributed by atoms with Gasteiger partial charge in [0.15, 0.2) is 11.5 Å². The third kappa shape index (κ3) is 8.58. The van der Waals surface area contributed by atoms with Crippen LogP contribution < -0.4 is 19.0 Å². The monoisotopic (exact) mass is 764 g/mol. The van der Waals surface area contributed by atoms with E-state index in [1.165, 1.54) is 31.2 Å². The molecule has 3 amide bonds. The van der Waals surface area contributed by atoms with Crippen molar-refractivity contribution in [2.75, 3.05) is 25.1 Å². The lowest BCUT2D eigenvalue weighted by atomic mass is 10.0. The Labute approximate surface area is 280 Å². The summed E-state index contributed by atoms with van der Waals surface area (Å²) >= 11 is 2.75. The zero-order chi connectivity index (χ0) is 32.9. The number of amides is 3. The number of benzene rings is 3. The fourth-order valence-electron chi connectivity index (χ4n) is 4.42. The van der Waals surface area contributed by atoms with Crippen LogP contribution in [0.15, 0.2) is 64.4 Å². The van der Waals surface area contributed by atoms with Crippen molar-refractivity contribution in [1.82, 2.24) is 4.90 Å². The van der Waals surface area contributed by atoms with Gasteiger partial charge in [-0.3, -0.25) is 19.3 Å². The van der Waals surface area contributed by atoms with E-state index in [1.807, 2.05) is 47.7 Å². The van der Waals surface area contributed by atoms with E-state index < -0.39 is 21.3 Å². The fourth-order valence-corrected chi connectivity index (χ4v) is 7.12. The van der Waals surface area contributed by atoms with E-state index in [1.54, 1.807) is 25.1 Å². The van der Waals surface area contributed by atoms with Gasteiger partial charge in [0.05, 0.1) is 21.6 Å². The van der Waals surface area contributed by atoms with Gasteiger partial charge in [0.2, 0.25) is 5.91 Å². The number of imide groups is 1. The van der Waals surface area contributed by atoms with Gasteiger partial charge in [-0.05, 0) is 119 Å². The molecule has 0 aliphatic carbocycles. The molecule has 0 saturated carbocycles. The van der Waals surface area contributed by atoms with Crippen LogP contribution in [0.25, 0.3) is 6.08 Å². The summed E-state index contributed by atoms with van der Waals surface area (Å²) in [4.78, 5) is 38.5. The molecule has 1 heterocycles. The van der Waals surface area contributed by atoms with E-state index in [9.17, 15) is 22.8 Å². The number of thioether (sulfide) groups is 1. The van der Waals surface area contributed by atoms with Crippen molar-refractivity contribution in [3.8, 4) is 17.2 Å². The molecule has 0 spiro atoms. The summed E-state index contributed by atoms with van der Waals surface area (Å²) < 4.78 is 43.8. The smallest absolute Gasteiger partial charge is 0.339 e. The zero-order valence-electron chi connectivity index (χ0n) is 25.4. The SMILES string of the molecule is CCOc1cc(/C=C2\SC(=O)N(CCOc3cc(C)ccc3C(C)C)C2=O)cc(I)c1OS(=O)(=O)c1ccc(NC(C)=O)cc1. The molecule has 1 aliphatic rings. The summed E-state index contributed by atoms with van der Waals surface area (Å²) in [5.74, 6) is 0.403. The van der Waals surface area contributed by atoms with Gasteiger partial charge in [0, 0.05) is 12.6 Å². The average molecular weight is 765 g/mol. The third-order valence-corrected chi connectivity index (χ3v) is 9.47. The second-order valence-corrected chi connectivity index (χ2v) is 14.1. The molecule has 1 fully saturated rings. The highest BCUT2D eigenvalue weighted by Gasteiger charge is 2.35. The molecule has 238 valence electrons. The number of carbonyl (C=O) groups excluding carboxylic acids is 3. The van der Waals surface area contributed by atoms with Crippen LogP contribution in [0.3, 0.4) is 0 Å². The number of nitrogens with one attached hydrogen (secondary N) is 1. The standard InChI is InChI=1S/C32H33IN2O8S2/c1-6-41-28-17-22(16-26(33)30(28)43-45(39,40)24-10-8-23(9-11-24)34-21(5)36)18-29-31(37)35(32(38)44-29)13-14-42-27-15-20(4)7-12-25(27)19(2)3/h7-12,15-19H,6,13-14H2,1-5H3,(H,34,36)/b29-18-. The number of hydrogen-bond acceptors (Lipinski definition) is 9. The van der Waals surface area contributed by atoms with Crippen LogP contribution in [-0.2, 0) is 19.7 Å². The third-order valence-electron chi connectivity index (χ3n) is 6.52. The topological polar surface area (TPSA) is 128 Å². The number of rotatable bonds is 12. The van der Waals surface area contributed by atoms with Gasteiger partial charge in [-0.2, -0.15) is 8.42 Å². The molecular weight excluding hydrogens is 731 g/mol. The molecule has 1 aliphatic heterocycles. The van der Waals surface area contributed by atoms with Crippen molar-refractivity contribution in [3.05, 3.63) is 79.8 Å². The summed E-state index contributed by atoms with van der Waals surface area (Å²) in [6.07, 6.45) is 1.56. The lowest BCUT2D eigenvalue weighted by Crippen LogP contribution is -2.32. The summed E-state index contributed by atoms with van der Waals surface area (Å²) in [6, 6.07) is 14.8. The minimum Gasteiger partial charge on any atom is -0.491 e. The van der Waals surface area contributed by atoms with Gasteiger partial charge in [0.1, 0.15) is 17.3 Å². The minimum absolute atomic E-state index is 0.0114. The molecule has 4 rings (SSSR count). The number of nitrogens with zero attached hydrogens (tertiary/aromatic N) is 1. The largest absolute Gasteiger partial charge is 0.491 e. The maximum absolute atomic E-state index is 13.2. The van der Waals surface area contributed by atoms with Crippen LogP contribution >= 0.6 is 34.4 Å². The molecule has 0 aromatic heterocycles. The maximum atomic E-state index is 13.2. The molecule has 10 nitrogen and oxygen atoms in total. The fraction of sp³-hybridized carbons (Fsp3) is 0.281. The highest BCUT2D eigenvalue weighted by molar-refractivity contribution is 14.1. The van der Waals surface area contributed by atoms with Crippen molar-refractivity contribution in [3.63, 3.8) is 0 Å². The van der Waals surface area contributed by atoms with Gasteiger partial charge in [0.25, 0.3) is 11.1 Å². The Morgan fingerprint density at radius 3 is 2.40 bits per heavy atom. The Morgan fingerprint density at radius 1 is 1.04 bits per heavy atom. The molecule has 0 atom stereocenters. The van der Waals surface area contributed by atoms with E-state index in [-0.39, 0.29) is 52.9 Å². The summed E-state index contributed by atoms with van der Waals surface area (Å²) in [5.41, 5.74) is 3.07. The quantitative estimate of drug-likeness (QED) is 0.118. The molecule has 1 saturated heterocycles. The van der Waals surface area contributed by atoms with Crippen LogP contribution in [-0.4, -0.2) is 50.1 Å². The first-order valence-electron chi connectivity index (χ1n) is 14.1. The van der Waals surface area contributed by atoms with E-state index in [0.29, 0.717) is 14.8 Å². The number of halogens is 1. The van der Waals surface area contributed by atoms with Crippen LogP contribution in [0, 0.1) is 10.5 Å². The molecular formula is C32H33IN2O8S2. The first kappa shape index (κ1) is 34.3. The highest BCUT2D eigenvalue weighted by atomic mass is 127. The van der Waals surface area contributed by atoms with Crippen molar-refractivity contribution in [2.24, 2.45) is 0 Å². The van der Waals surface area contributed by atoms with Crippen LogP contribution in [0.1, 0.15) is 50.3 Å². The molecule has 0 radical (unpaired) electrons. The zero-order valence-corrected chi connectivity index (χ0v) is 29.2. The maximum Gasteiger partial charge on any atom is 0.339 e. The second-order valence-electron chi connectivity index (χ2n) is 10.4. The number of hydrogen-bond donors (Lipinski definition) is 1. The summed E-state index contributed by atoms with van der Waals surface area (Å²) in [5, 5.41) is 2.18. The highest BCUT2D eigenvalue weighted by Crippen LogP contribution is 2.39. The van der Waals surface area contributed by atoms with Gasteiger partial charge in [-0.25, -0.2) is 0 Å². The predicted octanol–water partition coefficient (Wildman–Crippen LogP) is 6.96. The number of carbonyl (C=O) groups is 3. The molecule has 3 aromatic rings. The predicted molar refractivity (Wildman–Crippen MR) is 182 cm³/mol. The first-order chi connectivity index (χ1) is 21.3. The average Bonchev–Trinajstić information content (AvgIpc) is 3.22. The Hall–Kier alpha value is -3.56. The lowest BCUT2D eigenvalue weighted by Gasteiger charge is -2.17. The second kappa shape index (κ2) is 14.7. The first-order valence-corrected chi connectivity index (χ1v) is 17.4. The van der Waals surface area contributed by atoms with Crippen molar-refractivity contribution in [1.29, 1.82) is 0 Å². The molecule has 3 aromatic carbocycles. The van der Waals surface area contributed by atoms with Gasteiger partial charge >= 0.3 is 10.1 Å². The summed E-state index contributed by atoms with van der Waals surface area (Å²) in [7, 11) is -4.25. The Kier molecular flexibility index (Phi) is 11.2. The molecule has 13 heteroatoms. The Morgan fingerprint density at radius 2 is 1.76 bits per heavy atom. The van der Waals surface area contributed by atoms with Gasteiger partial charge < -0.3 is 19.0 Å². The normalized spacial score (nSPS) is 14.3. The number of ether oxygens (including phenoxy) is 2. The van der Waals surface area contributed by atoms with Crippen LogP contribution in [0.4, 0.5) is 10.5 Å². The van der Waals surface area contributed by atoms with E-state index in [4.69, 9.17) is 13.7 Å². The van der Waals surface area contributed by atoms with Crippen LogP contribution in [0.5, 0.6) is 17.2 Å². The van der Waals surface area contributed by atoms with E-state index >= 15 is 0 Å². The minimum atomic E-state index is -4.25. The molecule has 0 unspecified atom stereocenters. The Balaban J connectivity index is 1.51. The number of aryl methyl sites for hydroxylation is 1. The van der Waals surface area contributed by atoms with Gasteiger partial charge in [-0.1, -0.05) is 26.0 Å².